The fraction of sp³-hybridized carbons (Fsp3) is 0.457. The van der Waals surface area contributed by atoms with Gasteiger partial charge in [-0.3, -0.25) is 19.2 Å². The van der Waals surface area contributed by atoms with Crippen molar-refractivity contribution in [1.82, 2.24) is 0 Å². The molecule has 6 atom stereocenters. The van der Waals surface area contributed by atoms with Crippen LogP contribution in [0.25, 0.3) is 5.76 Å². The molecule has 48 heavy (non-hydrogen) atoms. The Morgan fingerprint density at radius 1 is 0.875 bits per heavy atom. The number of carbonyl (C=O) groups is 5. The predicted molar refractivity (Wildman–Crippen MR) is 165 cm³/mol. The van der Waals surface area contributed by atoms with E-state index in [9.17, 15) is 29.1 Å². The Bertz CT molecular complexity index is 1640. The molecule has 3 aliphatic rings. The van der Waals surface area contributed by atoms with Crippen LogP contribution >= 0.6 is 0 Å². The largest absolute Gasteiger partial charge is 0.487 e. The fourth-order valence-electron chi connectivity index (χ4n) is 6.24. The molecule has 0 amide bonds. The molecule has 2 heterocycles. The van der Waals surface area contributed by atoms with E-state index in [-0.39, 0.29) is 12.2 Å². The molecule has 2 aliphatic heterocycles. The van der Waals surface area contributed by atoms with Crippen molar-refractivity contribution in [1.29, 1.82) is 0 Å². The van der Waals surface area contributed by atoms with Gasteiger partial charge in [0.15, 0.2) is 29.7 Å². The molecule has 1 saturated heterocycles. The molecule has 0 spiro atoms. The second kappa shape index (κ2) is 13.4. The minimum absolute atomic E-state index is 0.0533. The third kappa shape index (κ3) is 6.92. The zero-order valence-electron chi connectivity index (χ0n) is 27.5. The highest BCUT2D eigenvalue weighted by atomic mass is 16.7. The first-order chi connectivity index (χ1) is 22.6. The number of hydrogen-bond acceptors (Lipinski definition) is 13. The van der Waals surface area contributed by atoms with Gasteiger partial charge >= 0.3 is 23.9 Å². The lowest BCUT2D eigenvalue weighted by Gasteiger charge is -2.43. The Morgan fingerprint density at radius 2 is 1.48 bits per heavy atom. The van der Waals surface area contributed by atoms with E-state index in [1.54, 1.807) is 24.3 Å². The van der Waals surface area contributed by atoms with Gasteiger partial charge in [-0.15, -0.1) is 0 Å². The standard InChI is InChI=1S/C35H38O13/c1-18(36)43-27-28(44-19(2)37)30(45-20(3)38)33(47-29(27)32(40)42-6)46-22-13-11-21(12-14-22)17-35(41)25-10-8-7-9-23(25)26-24(31(35)39)15-16-34(4,5)48-26/h7-14,27-30,33,41H,15-17H2,1-6H3/t27-,28-,29-,30+,33+,35?/m0/s1. The summed E-state index contributed by atoms with van der Waals surface area (Å²) in [7, 11) is 1.09. The first-order valence-corrected chi connectivity index (χ1v) is 15.4. The van der Waals surface area contributed by atoms with Crippen molar-refractivity contribution in [3.8, 4) is 5.75 Å². The summed E-state index contributed by atoms with van der Waals surface area (Å²) in [6.07, 6.45) is -6.61. The second-order valence-corrected chi connectivity index (χ2v) is 12.5. The lowest BCUT2D eigenvalue weighted by molar-refractivity contribution is -0.282. The van der Waals surface area contributed by atoms with Gasteiger partial charge in [-0.25, -0.2) is 4.79 Å². The molecule has 1 unspecified atom stereocenters. The van der Waals surface area contributed by atoms with Crippen LogP contribution in [0, 0.1) is 0 Å². The van der Waals surface area contributed by atoms with Crippen molar-refractivity contribution in [2.24, 2.45) is 0 Å². The molecule has 2 aromatic carbocycles. The zero-order valence-corrected chi connectivity index (χ0v) is 27.5. The Labute approximate surface area is 277 Å². The topological polar surface area (TPSA) is 170 Å². The van der Waals surface area contributed by atoms with Gasteiger partial charge in [0.2, 0.25) is 12.4 Å². The van der Waals surface area contributed by atoms with Crippen LogP contribution in [0.5, 0.6) is 5.75 Å². The summed E-state index contributed by atoms with van der Waals surface area (Å²) in [5.41, 5.74) is -0.148. The van der Waals surface area contributed by atoms with Gasteiger partial charge in [-0.1, -0.05) is 36.4 Å². The van der Waals surface area contributed by atoms with E-state index in [1.165, 1.54) is 12.1 Å². The molecule has 1 N–H and O–H groups in total. The summed E-state index contributed by atoms with van der Waals surface area (Å²) in [4.78, 5) is 62.7. The van der Waals surface area contributed by atoms with Crippen molar-refractivity contribution in [2.45, 2.75) is 95.8 Å². The summed E-state index contributed by atoms with van der Waals surface area (Å²) in [6.45, 7) is 7.21. The third-order valence-corrected chi connectivity index (χ3v) is 8.37. The van der Waals surface area contributed by atoms with E-state index in [4.69, 9.17) is 33.2 Å². The molecule has 5 rings (SSSR count). The Hall–Kier alpha value is -4.75. The number of ketones is 1. The maximum absolute atomic E-state index is 13.8. The minimum Gasteiger partial charge on any atom is -0.487 e. The van der Waals surface area contributed by atoms with Crippen LogP contribution in [0.1, 0.15) is 64.2 Å². The molecule has 13 heteroatoms. The number of Topliss-reactive ketones (excluding diaryl/α,β-unsaturated/α-hetero) is 1. The highest BCUT2D eigenvalue weighted by Crippen LogP contribution is 2.47. The molecule has 2 aromatic rings. The summed E-state index contributed by atoms with van der Waals surface area (Å²) < 4.78 is 38.9. The number of hydrogen-bond donors (Lipinski definition) is 1. The van der Waals surface area contributed by atoms with E-state index in [0.717, 1.165) is 27.9 Å². The SMILES string of the molecule is COC(=O)[C@H]1O[C@@H](Oc2ccc(CC3(O)C(=O)C4=C(OC(C)(C)CC4)c4ccccc43)cc2)[C@H](OC(C)=O)[C@@H](OC(C)=O)[C@@H]1OC(C)=O. The number of esters is 4. The van der Waals surface area contributed by atoms with E-state index in [1.807, 2.05) is 26.0 Å². The van der Waals surface area contributed by atoms with E-state index >= 15 is 0 Å². The average Bonchev–Trinajstić information content (AvgIpc) is 3.02. The lowest BCUT2D eigenvalue weighted by Crippen LogP contribution is -2.64. The summed E-state index contributed by atoms with van der Waals surface area (Å²) >= 11 is 0. The molecule has 256 valence electrons. The monoisotopic (exact) mass is 666 g/mol. The third-order valence-electron chi connectivity index (χ3n) is 8.37. The molecule has 0 radical (unpaired) electrons. The smallest absolute Gasteiger partial charge is 0.339 e. The molecule has 1 aliphatic carbocycles. The Morgan fingerprint density at radius 3 is 2.10 bits per heavy atom. The van der Waals surface area contributed by atoms with Gasteiger partial charge in [0, 0.05) is 43.9 Å². The molecule has 0 bridgehead atoms. The summed E-state index contributed by atoms with van der Waals surface area (Å²) in [6, 6.07) is 13.5. The average molecular weight is 667 g/mol. The minimum atomic E-state index is -1.85. The normalized spacial score (nSPS) is 27.4. The van der Waals surface area contributed by atoms with Crippen molar-refractivity contribution in [2.75, 3.05) is 7.11 Å². The van der Waals surface area contributed by atoms with Gasteiger partial charge < -0.3 is 38.3 Å². The van der Waals surface area contributed by atoms with Gasteiger partial charge in [0.25, 0.3) is 0 Å². The number of methoxy groups -OCH3 is 1. The molecular formula is C35H38O13. The summed E-state index contributed by atoms with van der Waals surface area (Å²) in [5, 5.41) is 12.0. The second-order valence-electron chi connectivity index (χ2n) is 12.5. The molecule has 13 nitrogen and oxygen atoms in total. The summed E-state index contributed by atoms with van der Waals surface area (Å²) in [5.74, 6) is -3.13. The highest BCUT2D eigenvalue weighted by Gasteiger charge is 2.56. The van der Waals surface area contributed by atoms with Crippen LogP contribution in [0.2, 0.25) is 0 Å². The van der Waals surface area contributed by atoms with Crippen molar-refractivity contribution in [3.63, 3.8) is 0 Å². The predicted octanol–water partition coefficient (Wildman–Crippen LogP) is 3.07. The number of benzene rings is 2. The zero-order chi connectivity index (χ0) is 35.0. The number of ether oxygens (including phenoxy) is 7. The molecular weight excluding hydrogens is 628 g/mol. The van der Waals surface area contributed by atoms with Crippen LogP contribution in [-0.4, -0.2) is 78.2 Å². The van der Waals surface area contributed by atoms with Gasteiger partial charge in [0.05, 0.1) is 7.11 Å². The molecule has 0 saturated carbocycles. The van der Waals surface area contributed by atoms with Gasteiger partial charge in [-0.05, 0) is 44.4 Å². The van der Waals surface area contributed by atoms with Gasteiger partial charge in [-0.2, -0.15) is 0 Å². The van der Waals surface area contributed by atoms with Crippen LogP contribution < -0.4 is 4.74 Å². The first kappa shape index (κ1) is 34.6. The van der Waals surface area contributed by atoms with E-state index in [0.29, 0.717) is 40.9 Å². The van der Waals surface area contributed by atoms with Crippen molar-refractivity contribution < 1.29 is 62.2 Å². The van der Waals surface area contributed by atoms with Crippen LogP contribution in [0.3, 0.4) is 0 Å². The van der Waals surface area contributed by atoms with Crippen LogP contribution in [-0.2, 0) is 64.4 Å². The number of carbonyl (C=O) groups excluding carboxylic acids is 5. The van der Waals surface area contributed by atoms with Gasteiger partial charge in [0.1, 0.15) is 17.1 Å². The van der Waals surface area contributed by atoms with Crippen molar-refractivity contribution in [3.05, 3.63) is 70.8 Å². The Balaban J connectivity index is 1.42. The maximum atomic E-state index is 13.8. The number of fused-ring (bicyclic) bond motifs is 2. The van der Waals surface area contributed by atoms with Crippen LogP contribution in [0.4, 0.5) is 0 Å². The van der Waals surface area contributed by atoms with Crippen LogP contribution in [0.15, 0.2) is 54.1 Å². The Kier molecular flexibility index (Phi) is 9.65. The van der Waals surface area contributed by atoms with E-state index in [2.05, 4.69) is 0 Å². The molecule has 0 aromatic heterocycles. The van der Waals surface area contributed by atoms with E-state index < -0.39 is 71.6 Å². The fourth-order valence-corrected chi connectivity index (χ4v) is 6.24. The van der Waals surface area contributed by atoms with Crippen molar-refractivity contribution >= 4 is 35.4 Å². The first-order valence-electron chi connectivity index (χ1n) is 15.4. The number of aliphatic hydroxyl groups is 1. The lowest BCUT2D eigenvalue weighted by atomic mass is 9.72. The quantitative estimate of drug-likeness (QED) is 0.322. The maximum Gasteiger partial charge on any atom is 0.339 e. The molecule has 1 fully saturated rings. The number of rotatable bonds is 8. The highest BCUT2D eigenvalue weighted by molar-refractivity contribution is 6.10.